The first-order valence-electron chi connectivity index (χ1n) is 7.96. The Kier molecular flexibility index (Phi) is 6.00. The number of hydrogen-bond donors (Lipinski definition) is 1. The van der Waals surface area contributed by atoms with E-state index in [0.717, 1.165) is 6.54 Å². The van der Waals surface area contributed by atoms with Gasteiger partial charge in [-0.05, 0) is 59.2 Å². The Morgan fingerprint density at radius 3 is 2.50 bits per heavy atom. The van der Waals surface area contributed by atoms with Gasteiger partial charge in [-0.25, -0.2) is 4.98 Å². The molecule has 1 aliphatic heterocycles. The Hall–Kier alpha value is -0.450. The number of aryl methyl sites for hydroxylation is 2. The third-order valence-corrected chi connectivity index (χ3v) is 5.38. The Balaban J connectivity index is 1.74. The number of likely N-dealkylation sites (tertiary alicyclic amines) is 1. The fourth-order valence-corrected chi connectivity index (χ4v) is 4.02. The standard InChI is InChI=1S/C16H29N3S/c1-12(11-19-8-6-5-7-9-19)10-17-13(2)16-14(3)18-15(4)20-16/h12-13,17H,5-11H2,1-4H3. The highest BCUT2D eigenvalue weighted by atomic mass is 32.1. The molecule has 1 fully saturated rings. The molecule has 2 atom stereocenters. The molecule has 1 saturated heterocycles. The van der Waals surface area contributed by atoms with Gasteiger partial charge in [0.2, 0.25) is 0 Å². The third kappa shape index (κ3) is 4.54. The first-order chi connectivity index (χ1) is 9.56. The topological polar surface area (TPSA) is 28.2 Å². The average molecular weight is 295 g/mol. The van der Waals surface area contributed by atoms with Crippen molar-refractivity contribution in [3.05, 3.63) is 15.6 Å². The molecule has 114 valence electrons. The van der Waals surface area contributed by atoms with E-state index in [1.54, 1.807) is 0 Å². The first-order valence-corrected chi connectivity index (χ1v) is 8.77. The molecule has 1 aromatic heterocycles. The average Bonchev–Trinajstić information content (AvgIpc) is 2.76. The van der Waals surface area contributed by atoms with Crippen LogP contribution >= 0.6 is 11.3 Å². The molecule has 0 aliphatic carbocycles. The van der Waals surface area contributed by atoms with Gasteiger partial charge in [-0.3, -0.25) is 0 Å². The van der Waals surface area contributed by atoms with Gasteiger partial charge in [-0.1, -0.05) is 13.3 Å². The maximum absolute atomic E-state index is 4.52. The van der Waals surface area contributed by atoms with Crippen LogP contribution in [0.4, 0.5) is 0 Å². The molecule has 2 unspecified atom stereocenters. The monoisotopic (exact) mass is 295 g/mol. The van der Waals surface area contributed by atoms with Crippen molar-refractivity contribution in [3.8, 4) is 0 Å². The van der Waals surface area contributed by atoms with Crippen molar-refractivity contribution in [2.45, 2.75) is 53.0 Å². The van der Waals surface area contributed by atoms with Crippen molar-refractivity contribution in [2.24, 2.45) is 5.92 Å². The zero-order valence-electron chi connectivity index (χ0n) is 13.4. The lowest BCUT2D eigenvalue weighted by Crippen LogP contribution is -2.37. The molecular formula is C16H29N3S. The summed E-state index contributed by atoms with van der Waals surface area (Å²) in [4.78, 5) is 8.55. The summed E-state index contributed by atoms with van der Waals surface area (Å²) in [5, 5.41) is 4.86. The molecule has 0 aromatic carbocycles. The first kappa shape index (κ1) is 15.9. The zero-order valence-corrected chi connectivity index (χ0v) is 14.2. The van der Waals surface area contributed by atoms with Crippen molar-refractivity contribution < 1.29 is 0 Å². The molecule has 20 heavy (non-hydrogen) atoms. The Bertz CT molecular complexity index is 410. The second kappa shape index (κ2) is 7.53. The van der Waals surface area contributed by atoms with E-state index in [4.69, 9.17) is 0 Å². The molecule has 1 aliphatic rings. The predicted molar refractivity (Wildman–Crippen MR) is 87.5 cm³/mol. The molecule has 1 N–H and O–H groups in total. The van der Waals surface area contributed by atoms with Crippen molar-refractivity contribution in [2.75, 3.05) is 26.2 Å². The van der Waals surface area contributed by atoms with Gasteiger partial charge in [0, 0.05) is 17.5 Å². The van der Waals surface area contributed by atoms with Gasteiger partial charge in [0.05, 0.1) is 10.7 Å². The van der Waals surface area contributed by atoms with Gasteiger partial charge in [0.1, 0.15) is 0 Å². The summed E-state index contributed by atoms with van der Waals surface area (Å²) >= 11 is 1.83. The van der Waals surface area contributed by atoms with Crippen LogP contribution in [0, 0.1) is 19.8 Å². The van der Waals surface area contributed by atoms with Gasteiger partial charge >= 0.3 is 0 Å². The quantitative estimate of drug-likeness (QED) is 0.870. The summed E-state index contributed by atoms with van der Waals surface area (Å²) in [5.41, 5.74) is 1.19. The minimum Gasteiger partial charge on any atom is -0.309 e. The highest BCUT2D eigenvalue weighted by Gasteiger charge is 2.16. The van der Waals surface area contributed by atoms with Crippen molar-refractivity contribution in [3.63, 3.8) is 0 Å². The number of rotatable bonds is 6. The zero-order chi connectivity index (χ0) is 14.5. The molecule has 2 heterocycles. The molecule has 0 spiro atoms. The molecule has 1 aromatic rings. The summed E-state index contributed by atoms with van der Waals surface area (Å²) in [6.07, 6.45) is 4.19. The minimum absolute atomic E-state index is 0.421. The number of nitrogens with one attached hydrogen (secondary N) is 1. The number of aromatic nitrogens is 1. The predicted octanol–water partition coefficient (Wildman–Crippen LogP) is 3.53. The molecule has 0 saturated carbocycles. The molecule has 2 rings (SSSR count). The van der Waals surface area contributed by atoms with E-state index in [0.29, 0.717) is 12.0 Å². The summed E-state index contributed by atoms with van der Waals surface area (Å²) in [7, 11) is 0. The number of thiazole rings is 1. The van der Waals surface area contributed by atoms with E-state index in [-0.39, 0.29) is 0 Å². The Morgan fingerprint density at radius 1 is 1.20 bits per heavy atom. The highest BCUT2D eigenvalue weighted by Crippen LogP contribution is 2.24. The van der Waals surface area contributed by atoms with Crippen LogP contribution in [0.2, 0.25) is 0 Å². The SMILES string of the molecule is Cc1nc(C)c(C(C)NCC(C)CN2CCCCC2)s1. The molecule has 3 nitrogen and oxygen atoms in total. The maximum Gasteiger partial charge on any atom is 0.0900 e. The van der Waals surface area contributed by atoms with Gasteiger partial charge in [0.25, 0.3) is 0 Å². The van der Waals surface area contributed by atoms with Crippen LogP contribution in [-0.4, -0.2) is 36.1 Å². The maximum atomic E-state index is 4.52. The Morgan fingerprint density at radius 2 is 1.90 bits per heavy atom. The Labute approximate surface area is 127 Å². The highest BCUT2D eigenvalue weighted by molar-refractivity contribution is 7.11. The van der Waals surface area contributed by atoms with Crippen molar-refractivity contribution in [1.82, 2.24) is 15.2 Å². The van der Waals surface area contributed by atoms with E-state index in [1.807, 2.05) is 11.3 Å². The van der Waals surface area contributed by atoms with Crippen LogP contribution in [0.3, 0.4) is 0 Å². The van der Waals surface area contributed by atoms with Crippen LogP contribution in [0.25, 0.3) is 0 Å². The lowest BCUT2D eigenvalue weighted by molar-refractivity contribution is 0.197. The van der Waals surface area contributed by atoms with E-state index in [9.17, 15) is 0 Å². The van der Waals surface area contributed by atoms with Gasteiger partial charge in [0.15, 0.2) is 0 Å². The van der Waals surface area contributed by atoms with Crippen molar-refractivity contribution in [1.29, 1.82) is 0 Å². The van der Waals surface area contributed by atoms with Crippen molar-refractivity contribution >= 4 is 11.3 Å². The molecule has 0 amide bonds. The third-order valence-electron chi connectivity index (χ3n) is 4.12. The largest absolute Gasteiger partial charge is 0.309 e. The van der Waals surface area contributed by atoms with Crippen LogP contribution in [0.5, 0.6) is 0 Å². The van der Waals surface area contributed by atoms with Crippen LogP contribution < -0.4 is 5.32 Å². The summed E-state index contributed by atoms with van der Waals surface area (Å²) in [5.74, 6) is 0.713. The number of piperidine rings is 1. The fourth-order valence-electron chi connectivity index (χ4n) is 3.07. The molecule has 0 radical (unpaired) electrons. The van der Waals surface area contributed by atoms with Crippen LogP contribution in [0.15, 0.2) is 0 Å². The number of hydrogen-bond acceptors (Lipinski definition) is 4. The normalized spacial score (nSPS) is 20.0. The molecular weight excluding hydrogens is 266 g/mol. The van der Waals surface area contributed by atoms with Gasteiger partial charge in [-0.15, -0.1) is 11.3 Å². The van der Waals surface area contributed by atoms with Gasteiger partial charge in [-0.2, -0.15) is 0 Å². The lowest BCUT2D eigenvalue weighted by atomic mass is 10.1. The minimum atomic E-state index is 0.421. The second-order valence-electron chi connectivity index (χ2n) is 6.28. The van der Waals surface area contributed by atoms with E-state index in [2.05, 4.69) is 42.9 Å². The second-order valence-corrected chi connectivity index (χ2v) is 7.51. The lowest BCUT2D eigenvalue weighted by Gasteiger charge is -2.29. The van der Waals surface area contributed by atoms with Crippen LogP contribution in [-0.2, 0) is 0 Å². The molecule has 4 heteroatoms. The number of nitrogens with zero attached hydrogens (tertiary/aromatic N) is 2. The summed E-state index contributed by atoms with van der Waals surface area (Å²) in [6, 6.07) is 0.421. The van der Waals surface area contributed by atoms with E-state index >= 15 is 0 Å². The summed E-state index contributed by atoms with van der Waals surface area (Å²) < 4.78 is 0. The molecule has 0 bridgehead atoms. The fraction of sp³-hybridized carbons (Fsp3) is 0.812. The van der Waals surface area contributed by atoms with E-state index < -0.39 is 0 Å². The van der Waals surface area contributed by atoms with Crippen LogP contribution in [0.1, 0.15) is 54.7 Å². The van der Waals surface area contributed by atoms with Gasteiger partial charge < -0.3 is 10.2 Å². The summed E-state index contributed by atoms with van der Waals surface area (Å²) in [6.45, 7) is 13.8. The van der Waals surface area contributed by atoms with E-state index in [1.165, 1.54) is 54.5 Å². The smallest absolute Gasteiger partial charge is 0.0900 e.